The minimum atomic E-state index is -1.36. The van der Waals surface area contributed by atoms with Crippen molar-refractivity contribution >= 4 is 8.32 Å². The molecule has 0 unspecified atom stereocenters. The summed E-state index contributed by atoms with van der Waals surface area (Å²) in [6.45, 7) is 13.0. The Kier molecular flexibility index (Phi) is 3.87. The summed E-state index contributed by atoms with van der Waals surface area (Å²) in [6.07, 6.45) is 2.16. The molecule has 0 aliphatic heterocycles. The molecule has 0 aromatic rings. The van der Waals surface area contributed by atoms with Crippen molar-refractivity contribution in [2.75, 3.05) is 0 Å². The summed E-state index contributed by atoms with van der Waals surface area (Å²) in [5.41, 5.74) is 0. The molecule has 0 aliphatic carbocycles. The molecular formula is C9H20OSi. The van der Waals surface area contributed by atoms with Crippen molar-refractivity contribution in [1.82, 2.24) is 0 Å². The van der Waals surface area contributed by atoms with Gasteiger partial charge in [0.15, 0.2) is 0 Å². The third-order valence-electron chi connectivity index (χ3n) is 1.04. The van der Waals surface area contributed by atoms with Gasteiger partial charge in [0.2, 0.25) is 8.32 Å². The van der Waals surface area contributed by atoms with Crippen LogP contribution in [0.5, 0.6) is 0 Å². The fraction of sp³-hybridized carbons (Fsp3) is 0.778. The Hall–Kier alpha value is -0.243. The maximum atomic E-state index is 5.75. The van der Waals surface area contributed by atoms with Crippen molar-refractivity contribution in [3.8, 4) is 0 Å². The van der Waals surface area contributed by atoms with Gasteiger partial charge in [0.05, 0.1) is 5.76 Å². The molecule has 0 heterocycles. The minimum absolute atomic E-state index is 0.589. The van der Waals surface area contributed by atoms with Crippen molar-refractivity contribution in [3.05, 3.63) is 11.8 Å². The first-order chi connectivity index (χ1) is 4.81. The van der Waals surface area contributed by atoms with Crippen LogP contribution in [0.4, 0.5) is 0 Å². The summed E-state index contributed by atoms with van der Waals surface area (Å²) in [7, 11) is -1.36. The second kappa shape index (κ2) is 3.95. The topological polar surface area (TPSA) is 9.23 Å². The maximum absolute atomic E-state index is 5.75. The highest BCUT2D eigenvalue weighted by Gasteiger charge is 2.15. The Labute approximate surface area is 71.6 Å². The van der Waals surface area contributed by atoms with Crippen LogP contribution in [-0.2, 0) is 4.43 Å². The third-order valence-corrected chi connectivity index (χ3v) is 1.97. The summed E-state index contributed by atoms with van der Waals surface area (Å²) in [6, 6.07) is 0. The van der Waals surface area contributed by atoms with E-state index in [4.69, 9.17) is 4.43 Å². The highest BCUT2D eigenvalue weighted by atomic mass is 28.4. The van der Waals surface area contributed by atoms with E-state index in [1.807, 2.05) is 6.92 Å². The highest BCUT2D eigenvalue weighted by molar-refractivity contribution is 6.70. The number of hydrogen-bond donors (Lipinski definition) is 0. The van der Waals surface area contributed by atoms with Crippen LogP contribution in [0, 0.1) is 5.92 Å². The molecule has 0 atom stereocenters. The molecule has 11 heavy (non-hydrogen) atoms. The zero-order valence-electron chi connectivity index (χ0n) is 8.56. The first kappa shape index (κ1) is 10.8. The average Bonchev–Trinajstić information content (AvgIpc) is 1.53. The second-order valence-corrected chi connectivity index (χ2v) is 8.66. The fourth-order valence-electron chi connectivity index (χ4n) is 0.986. The van der Waals surface area contributed by atoms with Crippen molar-refractivity contribution in [1.29, 1.82) is 0 Å². The summed E-state index contributed by atoms with van der Waals surface area (Å²) in [5, 5.41) is 0. The Balaban J connectivity index is 3.97. The number of hydrogen-bond acceptors (Lipinski definition) is 1. The summed E-state index contributed by atoms with van der Waals surface area (Å²) < 4.78 is 5.75. The van der Waals surface area contributed by atoms with Crippen LogP contribution >= 0.6 is 0 Å². The second-order valence-electron chi connectivity index (χ2n) is 4.24. The van der Waals surface area contributed by atoms with Gasteiger partial charge >= 0.3 is 0 Å². The molecule has 66 valence electrons. The normalized spacial score (nSPS) is 13.9. The van der Waals surface area contributed by atoms with Gasteiger partial charge in [-0.25, -0.2) is 0 Å². The van der Waals surface area contributed by atoms with Crippen LogP contribution < -0.4 is 0 Å². The van der Waals surface area contributed by atoms with Gasteiger partial charge in [0, 0.05) is 0 Å². The monoisotopic (exact) mass is 172 g/mol. The molecular weight excluding hydrogens is 152 g/mol. The Morgan fingerprint density at radius 1 is 1.27 bits per heavy atom. The maximum Gasteiger partial charge on any atom is 0.241 e. The summed E-state index contributed by atoms with van der Waals surface area (Å²) in [4.78, 5) is 0. The van der Waals surface area contributed by atoms with Crippen LogP contribution in [0.15, 0.2) is 11.8 Å². The van der Waals surface area contributed by atoms with E-state index < -0.39 is 8.32 Å². The molecule has 0 fully saturated rings. The fourth-order valence-corrected chi connectivity index (χ4v) is 2.02. The summed E-state index contributed by atoms with van der Waals surface area (Å²) in [5.74, 6) is 1.67. The van der Waals surface area contributed by atoms with Gasteiger partial charge in [-0.05, 0) is 38.6 Å². The molecule has 1 nitrogen and oxygen atoms in total. The Morgan fingerprint density at radius 2 is 1.73 bits per heavy atom. The zero-order chi connectivity index (χ0) is 9.07. The lowest BCUT2D eigenvalue weighted by Crippen LogP contribution is -2.24. The van der Waals surface area contributed by atoms with Gasteiger partial charge in [0.1, 0.15) is 0 Å². The third kappa shape index (κ3) is 7.66. The SMILES string of the molecule is C/C(=C/C(C)C)O[Si](C)(C)C. The van der Waals surface area contributed by atoms with E-state index >= 15 is 0 Å². The molecule has 0 aromatic heterocycles. The molecule has 0 radical (unpaired) electrons. The first-order valence-corrected chi connectivity index (χ1v) is 7.59. The standard InChI is InChI=1S/C9H20OSi/c1-8(2)7-9(3)10-11(4,5)6/h7-8H,1-6H3/b9-7-. The first-order valence-electron chi connectivity index (χ1n) is 4.18. The lowest BCUT2D eigenvalue weighted by molar-refractivity contribution is 0.418. The average molecular weight is 172 g/mol. The zero-order valence-corrected chi connectivity index (χ0v) is 9.56. The van der Waals surface area contributed by atoms with E-state index in [1.165, 1.54) is 0 Å². The molecule has 0 amide bonds. The quantitative estimate of drug-likeness (QED) is 0.468. The molecule has 2 heteroatoms. The van der Waals surface area contributed by atoms with Crippen LogP contribution in [0.25, 0.3) is 0 Å². The molecule has 0 bridgehead atoms. The lowest BCUT2D eigenvalue weighted by Gasteiger charge is -2.19. The van der Waals surface area contributed by atoms with Gasteiger partial charge in [-0.15, -0.1) is 0 Å². The van der Waals surface area contributed by atoms with Crippen LogP contribution in [0.1, 0.15) is 20.8 Å². The van der Waals surface area contributed by atoms with Crippen molar-refractivity contribution in [2.24, 2.45) is 5.92 Å². The Bertz CT molecular complexity index is 142. The molecule has 0 N–H and O–H groups in total. The summed E-state index contributed by atoms with van der Waals surface area (Å²) >= 11 is 0. The van der Waals surface area contributed by atoms with E-state index in [-0.39, 0.29) is 0 Å². The van der Waals surface area contributed by atoms with Crippen molar-refractivity contribution in [3.63, 3.8) is 0 Å². The largest absolute Gasteiger partial charge is 0.548 e. The van der Waals surface area contributed by atoms with E-state index in [9.17, 15) is 0 Å². The molecule has 0 spiro atoms. The van der Waals surface area contributed by atoms with Crippen LogP contribution in [0.2, 0.25) is 19.6 Å². The van der Waals surface area contributed by atoms with Gasteiger partial charge < -0.3 is 4.43 Å². The predicted octanol–water partition coefficient (Wildman–Crippen LogP) is 3.40. The molecule has 0 aromatic carbocycles. The van der Waals surface area contributed by atoms with Crippen LogP contribution in [-0.4, -0.2) is 8.32 Å². The highest BCUT2D eigenvalue weighted by Crippen LogP contribution is 2.11. The van der Waals surface area contributed by atoms with E-state index in [1.54, 1.807) is 0 Å². The molecule has 0 aliphatic rings. The van der Waals surface area contributed by atoms with Gasteiger partial charge in [0.25, 0.3) is 0 Å². The number of rotatable bonds is 3. The van der Waals surface area contributed by atoms with Crippen molar-refractivity contribution in [2.45, 2.75) is 40.4 Å². The van der Waals surface area contributed by atoms with Crippen molar-refractivity contribution < 1.29 is 4.43 Å². The van der Waals surface area contributed by atoms with E-state index in [0.29, 0.717) is 5.92 Å². The minimum Gasteiger partial charge on any atom is -0.548 e. The Morgan fingerprint density at radius 3 is 2.00 bits per heavy atom. The van der Waals surface area contributed by atoms with Gasteiger partial charge in [-0.1, -0.05) is 13.8 Å². The lowest BCUT2D eigenvalue weighted by atomic mass is 10.2. The van der Waals surface area contributed by atoms with Crippen LogP contribution in [0.3, 0.4) is 0 Å². The van der Waals surface area contributed by atoms with E-state index in [2.05, 4.69) is 39.6 Å². The van der Waals surface area contributed by atoms with Gasteiger partial charge in [-0.3, -0.25) is 0 Å². The smallest absolute Gasteiger partial charge is 0.241 e. The van der Waals surface area contributed by atoms with E-state index in [0.717, 1.165) is 5.76 Å². The number of allylic oxidation sites excluding steroid dienone is 2. The predicted molar refractivity (Wildman–Crippen MR) is 53.0 cm³/mol. The van der Waals surface area contributed by atoms with Gasteiger partial charge in [-0.2, -0.15) is 0 Å². The molecule has 0 saturated carbocycles. The molecule has 0 saturated heterocycles. The molecule has 0 rings (SSSR count).